The van der Waals surface area contributed by atoms with Crippen LogP contribution in [0, 0.1) is 11.8 Å². The molecule has 3 heteroatoms. The van der Waals surface area contributed by atoms with Crippen molar-refractivity contribution in [2.75, 3.05) is 12.8 Å². The molecule has 1 N–H and O–H groups in total. The molecular formula is C10H19NOS. The molecule has 0 radical (unpaired) electrons. The second kappa shape index (κ2) is 5.01. The summed E-state index contributed by atoms with van der Waals surface area (Å²) >= 11 is 4.26. The van der Waals surface area contributed by atoms with E-state index < -0.39 is 0 Å². The first-order valence-electron chi connectivity index (χ1n) is 4.96. The maximum absolute atomic E-state index is 11.1. The number of carbonyl (C=O) groups excluding carboxylic acids is 1. The fourth-order valence-electron chi connectivity index (χ4n) is 2.04. The Morgan fingerprint density at radius 1 is 1.54 bits per heavy atom. The normalized spacial score (nSPS) is 29.5. The summed E-state index contributed by atoms with van der Waals surface area (Å²) in [5, 5.41) is 3.06. The van der Waals surface area contributed by atoms with E-state index in [4.69, 9.17) is 0 Å². The highest BCUT2D eigenvalue weighted by Gasteiger charge is 2.30. The summed E-state index contributed by atoms with van der Waals surface area (Å²) in [5.41, 5.74) is 0. The minimum atomic E-state index is 0.0749. The van der Waals surface area contributed by atoms with Gasteiger partial charge in [-0.1, -0.05) is 0 Å². The highest BCUT2D eigenvalue weighted by molar-refractivity contribution is 7.80. The molecule has 0 saturated heterocycles. The maximum Gasteiger partial charge on any atom is 0.146 e. The van der Waals surface area contributed by atoms with Crippen molar-refractivity contribution < 1.29 is 4.79 Å². The molecule has 0 heterocycles. The Bertz CT molecular complexity index is 178. The van der Waals surface area contributed by atoms with Crippen molar-refractivity contribution in [3.63, 3.8) is 0 Å². The Hall–Kier alpha value is -0.0200. The van der Waals surface area contributed by atoms with Crippen LogP contribution in [-0.4, -0.2) is 24.6 Å². The summed E-state index contributed by atoms with van der Waals surface area (Å²) in [6.45, 7) is 1.66. The molecule has 1 saturated carbocycles. The summed E-state index contributed by atoms with van der Waals surface area (Å²) in [6.07, 6.45) is 3.53. The van der Waals surface area contributed by atoms with Crippen LogP contribution in [0.5, 0.6) is 0 Å². The van der Waals surface area contributed by atoms with Crippen molar-refractivity contribution in [1.29, 1.82) is 0 Å². The van der Waals surface area contributed by atoms with Gasteiger partial charge in [-0.15, -0.1) is 0 Å². The van der Waals surface area contributed by atoms with Crippen LogP contribution in [0.25, 0.3) is 0 Å². The van der Waals surface area contributed by atoms with Crippen molar-refractivity contribution in [2.24, 2.45) is 11.8 Å². The molecule has 1 fully saturated rings. The highest BCUT2D eigenvalue weighted by atomic mass is 32.1. The van der Waals surface area contributed by atoms with E-state index in [0.29, 0.717) is 0 Å². The second-order valence-corrected chi connectivity index (χ2v) is 4.44. The van der Waals surface area contributed by atoms with Gasteiger partial charge in [0.25, 0.3) is 0 Å². The molecule has 1 aliphatic rings. The third kappa shape index (κ3) is 2.99. The van der Waals surface area contributed by atoms with Crippen molar-refractivity contribution >= 4 is 18.4 Å². The summed E-state index contributed by atoms with van der Waals surface area (Å²) < 4.78 is 0. The number of nitrogens with one attached hydrogen (secondary N) is 1. The minimum absolute atomic E-state index is 0.0749. The molecule has 2 nitrogen and oxygen atoms in total. The zero-order chi connectivity index (χ0) is 9.84. The molecule has 0 bridgehead atoms. The van der Waals surface area contributed by atoms with E-state index in [1.165, 1.54) is 12.8 Å². The number of hydrogen-bond acceptors (Lipinski definition) is 3. The van der Waals surface area contributed by atoms with Crippen LogP contribution in [0.15, 0.2) is 0 Å². The first-order valence-corrected chi connectivity index (χ1v) is 5.59. The lowest BCUT2D eigenvalue weighted by Gasteiger charge is -2.36. The van der Waals surface area contributed by atoms with Crippen LogP contribution in [0.4, 0.5) is 0 Å². The lowest BCUT2D eigenvalue weighted by atomic mass is 9.72. The lowest BCUT2D eigenvalue weighted by Crippen LogP contribution is -2.38. The average Bonchev–Trinajstić information content (AvgIpc) is 2.02. The quantitative estimate of drug-likeness (QED) is 0.660. The van der Waals surface area contributed by atoms with Gasteiger partial charge in [-0.2, -0.15) is 12.6 Å². The molecule has 0 amide bonds. The molecule has 1 rings (SSSR count). The number of carbonyl (C=O) groups is 1. The molecule has 1 unspecified atom stereocenters. The standard InChI is InChI=1S/C10H19NOS/c1-7(12)10(11-2)5-8-3-9(4-8)6-13/h8-11,13H,3-6H2,1-2H3. The molecule has 0 spiro atoms. The van der Waals surface area contributed by atoms with Crippen molar-refractivity contribution in [3.05, 3.63) is 0 Å². The highest BCUT2D eigenvalue weighted by Crippen LogP contribution is 2.37. The van der Waals surface area contributed by atoms with E-state index in [9.17, 15) is 4.79 Å². The summed E-state index contributed by atoms with van der Waals surface area (Å²) in [5.74, 6) is 2.81. The topological polar surface area (TPSA) is 29.1 Å². The van der Waals surface area contributed by atoms with Gasteiger partial charge in [0.1, 0.15) is 5.78 Å². The first kappa shape index (κ1) is 11.1. The van der Waals surface area contributed by atoms with Gasteiger partial charge in [0, 0.05) is 0 Å². The minimum Gasteiger partial charge on any atom is -0.311 e. The zero-order valence-corrected chi connectivity index (χ0v) is 9.31. The van der Waals surface area contributed by atoms with Gasteiger partial charge in [-0.3, -0.25) is 4.79 Å². The summed E-state index contributed by atoms with van der Waals surface area (Å²) in [7, 11) is 1.86. The van der Waals surface area contributed by atoms with E-state index in [1.54, 1.807) is 6.92 Å². The van der Waals surface area contributed by atoms with Gasteiger partial charge in [-0.25, -0.2) is 0 Å². The number of likely N-dealkylation sites (N-methyl/N-ethyl adjacent to an activating group) is 1. The largest absolute Gasteiger partial charge is 0.311 e. The number of Topliss-reactive ketones (excluding diaryl/α,β-unsaturated/α-hetero) is 1. The van der Waals surface area contributed by atoms with Crippen molar-refractivity contribution in [2.45, 2.75) is 32.2 Å². The van der Waals surface area contributed by atoms with Gasteiger partial charge < -0.3 is 5.32 Å². The van der Waals surface area contributed by atoms with Crippen LogP contribution in [0.3, 0.4) is 0 Å². The molecule has 0 aromatic heterocycles. The smallest absolute Gasteiger partial charge is 0.146 e. The Labute approximate surface area is 85.9 Å². The third-order valence-electron chi connectivity index (χ3n) is 3.00. The Kier molecular flexibility index (Phi) is 4.26. The van der Waals surface area contributed by atoms with E-state index in [0.717, 1.165) is 24.0 Å². The van der Waals surface area contributed by atoms with E-state index in [-0.39, 0.29) is 11.8 Å². The van der Waals surface area contributed by atoms with E-state index >= 15 is 0 Å². The predicted molar refractivity (Wildman–Crippen MR) is 58.2 cm³/mol. The second-order valence-electron chi connectivity index (χ2n) is 4.07. The van der Waals surface area contributed by atoms with Crippen LogP contribution in [-0.2, 0) is 4.79 Å². The number of hydrogen-bond donors (Lipinski definition) is 2. The predicted octanol–water partition coefficient (Wildman–Crippen LogP) is 1.51. The van der Waals surface area contributed by atoms with Crippen LogP contribution in [0.1, 0.15) is 26.2 Å². The van der Waals surface area contributed by atoms with Crippen molar-refractivity contribution in [1.82, 2.24) is 5.32 Å². The number of rotatable bonds is 5. The van der Waals surface area contributed by atoms with Gasteiger partial charge in [-0.05, 0) is 50.8 Å². The monoisotopic (exact) mass is 201 g/mol. The average molecular weight is 201 g/mol. The molecule has 0 aromatic carbocycles. The fourth-order valence-corrected chi connectivity index (χ4v) is 2.33. The van der Waals surface area contributed by atoms with Gasteiger partial charge in [0.2, 0.25) is 0 Å². The molecular weight excluding hydrogens is 182 g/mol. The number of thiol groups is 1. The number of ketones is 1. The summed E-state index contributed by atoms with van der Waals surface area (Å²) in [6, 6.07) is 0.0749. The van der Waals surface area contributed by atoms with Crippen molar-refractivity contribution in [3.8, 4) is 0 Å². The maximum atomic E-state index is 11.1. The molecule has 1 atom stereocenters. The van der Waals surface area contributed by atoms with Gasteiger partial charge >= 0.3 is 0 Å². The molecule has 1 aliphatic carbocycles. The Morgan fingerprint density at radius 3 is 2.54 bits per heavy atom. The molecule has 0 aliphatic heterocycles. The first-order chi connectivity index (χ1) is 6.17. The van der Waals surface area contributed by atoms with Crippen LogP contribution < -0.4 is 5.32 Å². The van der Waals surface area contributed by atoms with Gasteiger partial charge in [0.15, 0.2) is 0 Å². The molecule has 0 aromatic rings. The van der Waals surface area contributed by atoms with Gasteiger partial charge in [0.05, 0.1) is 6.04 Å². The SMILES string of the molecule is CNC(CC1CC(CS)C1)C(C)=O. The third-order valence-corrected chi connectivity index (χ3v) is 3.52. The molecule has 76 valence electrons. The lowest BCUT2D eigenvalue weighted by molar-refractivity contribution is -0.119. The van der Waals surface area contributed by atoms with E-state index in [1.807, 2.05) is 7.05 Å². The zero-order valence-electron chi connectivity index (χ0n) is 8.42. The Balaban J connectivity index is 2.21. The van der Waals surface area contributed by atoms with Crippen LogP contribution in [0.2, 0.25) is 0 Å². The molecule has 13 heavy (non-hydrogen) atoms. The summed E-state index contributed by atoms with van der Waals surface area (Å²) in [4.78, 5) is 11.1. The van der Waals surface area contributed by atoms with Crippen LogP contribution >= 0.6 is 12.6 Å². The Morgan fingerprint density at radius 2 is 2.15 bits per heavy atom. The van der Waals surface area contributed by atoms with E-state index in [2.05, 4.69) is 17.9 Å². The fraction of sp³-hybridized carbons (Fsp3) is 0.900.